The fourth-order valence-corrected chi connectivity index (χ4v) is 2.00. The van der Waals surface area contributed by atoms with Crippen LogP contribution in [0.2, 0.25) is 0 Å². The normalized spacial score (nSPS) is 16.9. The smallest absolute Gasteiger partial charge is 0.0602 e. The van der Waals surface area contributed by atoms with Crippen LogP contribution < -0.4 is 5.73 Å². The minimum Gasteiger partial charge on any atom is -0.395 e. The lowest BCUT2D eigenvalue weighted by Gasteiger charge is -2.40. The van der Waals surface area contributed by atoms with Gasteiger partial charge in [-0.25, -0.2) is 0 Å². The summed E-state index contributed by atoms with van der Waals surface area (Å²) in [6.07, 6.45) is 0. The summed E-state index contributed by atoms with van der Waals surface area (Å²) in [5.74, 6) is 0.598. The number of hydrogen-bond acceptors (Lipinski definition) is 3. The molecule has 0 heterocycles. The van der Waals surface area contributed by atoms with Gasteiger partial charge < -0.3 is 10.8 Å². The summed E-state index contributed by atoms with van der Waals surface area (Å²) < 4.78 is 0. The molecule has 0 bridgehead atoms. The highest BCUT2D eigenvalue weighted by molar-refractivity contribution is 4.89. The van der Waals surface area contributed by atoms with Gasteiger partial charge in [-0.15, -0.1) is 0 Å². The van der Waals surface area contributed by atoms with Crippen LogP contribution >= 0.6 is 0 Å². The van der Waals surface area contributed by atoms with Gasteiger partial charge in [-0.2, -0.15) is 0 Å². The Bertz CT molecular complexity index is 187. The van der Waals surface area contributed by atoms with E-state index in [-0.39, 0.29) is 24.1 Å². The zero-order chi connectivity index (χ0) is 12.9. The molecule has 0 radical (unpaired) electrons. The van der Waals surface area contributed by atoms with E-state index >= 15 is 0 Å². The Hall–Kier alpha value is -0.120. The Kier molecular flexibility index (Phi) is 6.53. The van der Waals surface area contributed by atoms with Gasteiger partial charge in [0.2, 0.25) is 0 Å². The number of hydrogen-bond donors (Lipinski definition) is 2. The van der Waals surface area contributed by atoms with E-state index in [2.05, 4.69) is 46.4 Å². The van der Waals surface area contributed by atoms with E-state index in [1.165, 1.54) is 0 Å². The standard InChI is InChI=1S/C13H30N2O/c1-7-15(8-10(2)3)11(9-16)12(14)13(4,5)6/h10-12,16H,7-9,14H2,1-6H3. The third kappa shape index (κ3) is 4.81. The highest BCUT2D eigenvalue weighted by Gasteiger charge is 2.32. The second kappa shape index (κ2) is 6.58. The summed E-state index contributed by atoms with van der Waals surface area (Å²) in [5.41, 5.74) is 6.28. The lowest BCUT2D eigenvalue weighted by Crippen LogP contribution is -2.56. The monoisotopic (exact) mass is 230 g/mol. The number of nitrogens with two attached hydrogens (primary N) is 1. The molecule has 98 valence electrons. The quantitative estimate of drug-likeness (QED) is 0.730. The number of likely N-dealkylation sites (N-methyl/N-ethyl adjacent to an activating group) is 1. The van der Waals surface area contributed by atoms with Crippen LogP contribution in [-0.2, 0) is 0 Å². The molecule has 0 amide bonds. The van der Waals surface area contributed by atoms with Crippen LogP contribution in [0.5, 0.6) is 0 Å². The maximum Gasteiger partial charge on any atom is 0.0602 e. The summed E-state index contributed by atoms with van der Waals surface area (Å²) in [5, 5.41) is 9.55. The molecule has 0 aliphatic heterocycles. The molecule has 0 aliphatic rings. The summed E-state index contributed by atoms with van der Waals surface area (Å²) in [6, 6.07) is 0.0589. The topological polar surface area (TPSA) is 49.5 Å². The van der Waals surface area contributed by atoms with Crippen molar-refractivity contribution in [2.75, 3.05) is 19.7 Å². The molecule has 0 spiro atoms. The molecule has 0 rings (SSSR count). The third-order valence-corrected chi connectivity index (χ3v) is 3.08. The van der Waals surface area contributed by atoms with Crippen molar-refractivity contribution in [2.24, 2.45) is 17.1 Å². The van der Waals surface area contributed by atoms with Gasteiger partial charge in [0, 0.05) is 18.6 Å². The van der Waals surface area contributed by atoms with Crippen molar-refractivity contribution in [1.82, 2.24) is 4.90 Å². The molecule has 0 saturated carbocycles. The van der Waals surface area contributed by atoms with E-state index < -0.39 is 0 Å². The minimum atomic E-state index is -0.00352. The van der Waals surface area contributed by atoms with E-state index in [4.69, 9.17) is 5.73 Å². The first-order valence-corrected chi connectivity index (χ1v) is 6.34. The third-order valence-electron chi connectivity index (χ3n) is 3.08. The number of aliphatic hydroxyl groups excluding tert-OH is 1. The average molecular weight is 230 g/mol. The number of aliphatic hydroxyl groups is 1. The summed E-state index contributed by atoms with van der Waals surface area (Å²) >= 11 is 0. The first-order valence-electron chi connectivity index (χ1n) is 6.34. The highest BCUT2D eigenvalue weighted by Crippen LogP contribution is 2.23. The van der Waals surface area contributed by atoms with Gasteiger partial charge in [0.05, 0.1) is 6.61 Å². The van der Waals surface area contributed by atoms with Crippen LogP contribution in [0.4, 0.5) is 0 Å². The fourth-order valence-electron chi connectivity index (χ4n) is 2.00. The maximum absolute atomic E-state index is 9.55. The van der Waals surface area contributed by atoms with Crippen LogP contribution in [0.3, 0.4) is 0 Å². The Labute approximate surface area is 101 Å². The second-order valence-corrected chi connectivity index (χ2v) is 6.12. The molecule has 0 aromatic heterocycles. The van der Waals surface area contributed by atoms with Gasteiger partial charge in [0.15, 0.2) is 0 Å². The predicted molar refractivity (Wildman–Crippen MR) is 70.4 cm³/mol. The molecule has 0 aromatic rings. The Morgan fingerprint density at radius 2 is 1.75 bits per heavy atom. The molecule has 0 fully saturated rings. The SMILES string of the molecule is CCN(CC(C)C)C(CO)C(N)C(C)(C)C. The largest absolute Gasteiger partial charge is 0.395 e. The molecule has 0 aromatic carbocycles. The van der Waals surface area contributed by atoms with Gasteiger partial charge in [0.25, 0.3) is 0 Å². The van der Waals surface area contributed by atoms with Crippen LogP contribution in [0.15, 0.2) is 0 Å². The summed E-state index contributed by atoms with van der Waals surface area (Å²) in [6.45, 7) is 15.0. The first kappa shape index (κ1) is 15.9. The van der Waals surface area contributed by atoms with Crippen LogP contribution in [0, 0.1) is 11.3 Å². The maximum atomic E-state index is 9.55. The molecule has 3 nitrogen and oxygen atoms in total. The van der Waals surface area contributed by atoms with E-state index in [1.807, 2.05) is 0 Å². The van der Waals surface area contributed by atoms with Gasteiger partial charge in [0.1, 0.15) is 0 Å². The van der Waals surface area contributed by atoms with Gasteiger partial charge in [-0.05, 0) is 17.9 Å². The van der Waals surface area contributed by atoms with E-state index in [0.717, 1.165) is 13.1 Å². The lowest BCUT2D eigenvalue weighted by atomic mass is 9.82. The molecule has 2 atom stereocenters. The average Bonchev–Trinajstić information content (AvgIpc) is 2.15. The zero-order valence-corrected chi connectivity index (χ0v) is 11.8. The Balaban J connectivity index is 4.67. The summed E-state index contributed by atoms with van der Waals surface area (Å²) in [4.78, 5) is 2.29. The highest BCUT2D eigenvalue weighted by atomic mass is 16.3. The van der Waals surface area contributed by atoms with Crippen molar-refractivity contribution >= 4 is 0 Å². The van der Waals surface area contributed by atoms with Crippen molar-refractivity contribution in [3.05, 3.63) is 0 Å². The van der Waals surface area contributed by atoms with Crippen LogP contribution in [-0.4, -0.2) is 41.8 Å². The van der Waals surface area contributed by atoms with Crippen LogP contribution in [0.1, 0.15) is 41.5 Å². The van der Waals surface area contributed by atoms with E-state index in [1.54, 1.807) is 0 Å². The van der Waals surface area contributed by atoms with Crippen molar-refractivity contribution in [3.8, 4) is 0 Å². The molecule has 16 heavy (non-hydrogen) atoms. The van der Waals surface area contributed by atoms with Gasteiger partial charge >= 0.3 is 0 Å². The lowest BCUT2D eigenvalue weighted by molar-refractivity contribution is 0.0665. The molecule has 3 N–H and O–H groups in total. The zero-order valence-electron chi connectivity index (χ0n) is 11.8. The predicted octanol–water partition coefficient (Wildman–Crippen LogP) is 1.70. The number of nitrogens with zero attached hydrogens (tertiary/aromatic N) is 1. The second-order valence-electron chi connectivity index (χ2n) is 6.12. The van der Waals surface area contributed by atoms with Crippen LogP contribution in [0.25, 0.3) is 0 Å². The van der Waals surface area contributed by atoms with Crippen molar-refractivity contribution in [1.29, 1.82) is 0 Å². The molecule has 2 unspecified atom stereocenters. The van der Waals surface area contributed by atoms with Crippen molar-refractivity contribution in [3.63, 3.8) is 0 Å². The first-order chi connectivity index (χ1) is 7.23. The van der Waals surface area contributed by atoms with Gasteiger partial charge in [-0.3, -0.25) is 4.90 Å². The minimum absolute atomic E-state index is 0.00352. The van der Waals surface area contributed by atoms with E-state index in [0.29, 0.717) is 5.92 Å². The molecule has 3 heteroatoms. The van der Waals surface area contributed by atoms with Crippen molar-refractivity contribution < 1.29 is 5.11 Å². The Morgan fingerprint density at radius 3 is 2.00 bits per heavy atom. The van der Waals surface area contributed by atoms with E-state index in [9.17, 15) is 5.11 Å². The summed E-state index contributed by atoms with van der Waals surface area (Å²) in [7, 11) is 0. The molecule has 0 aliphatic carbocycles. The molecular formula is C13H30N2O. The number of rotatable bonds is 6. The van der Waals surface area contributed by atoms with Gasteiger partial charge in [-0.1, -0.05) is 41.5 Å². The fraction of sp³-hybridized carbons (Fsp3) is 1.00. The Morgan fingerprint density at radius 1 is 1.25 bits per heavy atom. The molecular weight excluding hydrogens is 200 g/mol. The van der Waals surface area contributed by atoms with Crippen molar-refractivity contribution in [2.45, 2.75) is 53.6 Å². The molecule has 0 saturated heterocycles.